The maximum atomic E-state index is 6.05. The number of thioether (sulfide) groups is 1. The second-order valence-electron chi connectivity index (χ2n) is 8.36. The fourth-order valence-corrected chi connectivity index (χ4v) is 4.86. The lowest BCUT2D eigenvalue weighted by Gasteiger charge is -2.11. The molecule has 8 heteroatoms. The first-order chi connectivity index (χ1) is 16.1. The standard InChI is InChI=1S/C25H27N7S/c1-31(2)13-11-17-6-8-20(9-7-17)28-24-27-12-10-21(29-24)23-22(18-4-3-5-19(26)16-18)30-25-32(23)14-15-33-25/h3-10,12,16H,11,13-15,26H2,1-2H3,(H,27,28,29). The number of anilines is 3. The molecular formula is C25H27N7S. The maximum absolute atomic E-state index is 6.05. The molecule has 0 amide bonds. The molecule has 0 bridgehead atoms. The molecule has 0 atom stereocenters. The van der Waals surface area contributed by atoms with E-state index in [0.29, 0.717) is 5.95 Å². The Hall–Kier alpha value is -3.36. The highest BCUT2D eigenvalue weighted by Gasteiger charge is 2.25. The summed E-state index contributed by atoms with van der Waals surface area (Å²) in [6, 6.07) is 18.2. The van der Waals surface area contributed by atoms with Gasteiger partial charge in [-0.2, -0.15) is 0 Å². The number of likely N-dealkylation sites (N-methyl/N-ethyl adjacent to an activating group) is 1. The summed E-state index contributed by atoms with van der Waals surface area (Å²) in [7, 11) is 4.18. The molecule has 0 saturated heterocycles. The molecule has 0 fully saturated rings. The number of nitrogens with one attached hydrogen (secondary N) is 1. The fourth-order valence-electron chi connectivity index (χ4n) is 3.91. The molecule has 1 aliphatic rings. The van der Waals surface area contributed by atoms with Gasteiger partial charge in [-0.15, -0.1) is 0 Å². The molecule has 3 N–H and O–H groups in total. The number of nitrogen functional groups attached to an aromatic ring is 1. The molecular weight excluding hydrogens is 430 g/mol. The van der Waals surface area contributed by atoms with E-state index in [9.17, 15) is 0 Å². The number of nitrogens with zero attached hydrogens (tertiary/aromatic N) is 5. The Morgan fingerprint density at radius 3 is 2.73 bits per heavy atom. The van der Waals surface area contributed by atoms with Crippen LogP contribution in [0.4, 0.5) is 17.3 Å². The molecule has 2 aromatic heterocycles. The van der Waals surface area contributed by atoms with Crippen molar-refractivity contribution in [1.82, 2.24) is 24.4 Å². The lowest BCUT2D eigenvalue weighted by atomic mass is 10.1. The van der Waals surface area contributed by atoms with Crippen molar-refractivity contribution < 1.29 is 0 Å². The second-order valence-corrected chi connectivity index (χ2v) is 9.42. The summed E-state index contributed by atoms with van der Waals surface area (Å²) < 4.78 is 2.24. The number of rotatable bonds is 7. The van der Waals surface area contributed by atoms with Crippen molar-refractivity contribution in [3.05, 3.63) is 66.4 Å². The third-order valence-corrected chi connectivity index (χ3v) is 6.55. The van der Waals surface area contributed by atoms with E-state index in [4.69, 9.17) is 15.7 Å². The van der Waals surface area contributed by atoms with Crippen LogP contribution < -0.4 is 11.1 Å². The van der Waals surface area contributed by atoms with Gasteiger partial charge in [0.1, 0.15) is 0 Å². The van der Waals surface area contributed by atoms with Crippen LogP contribution >= 0.6 is 11.8 Å². The fraction of sp³-hybridized carbons (Fsp3) is 0.240. The molecule has 33 heavy (non-hydrogen) atoms. The van der Waals surface area contributed by atoms with Gasteiger partial charge in [0.25, 0.3) is 0 Å². The highest BCUT2D eigenvalue weighted by atomic mass is 32.2. The van der Waals surface area contributed by atoms with E-state index >= 15 is 0 Å². The van der Waals surface area contributed by atoms with Gasteiger partial charge in [-0.25, -0.2) is 15.0 Å². The first-order valence-electron chi connectivity index (χ1n) is 11.0. The van der Waals surface area contributed by atoms with E-state index in [1.54, 1.807) is 18.0 Å². The average molecular weight is 458 g/mol. The highest BCUT2D eigenvalue weighted by Crippen LogP contribution is 2.38. The largest absolute Gasteiger partial charge is 0.399 e. The number of hydrogen-bond acceptors (Lipinski definition) is 7. The zero-order valence-electron chi connectivity index (χ0n) is 18.8. The van der Waals surface area contributed by atoms with E-state index in [-0.39, 0.29) is 0 Å². The monoisotopic (exact) mass is 457 g/mol. The van der Waals surface area contributed by atoms with Crippen LogP contribution in [-0.4, -0.2) is 50.8 Å². The molecule has 0 radical (unpaired) electrons. The Morgan fingerprint density at radius 1 is 1.09 bits per heavy atom. The molecule has 3 heterocycles. The minimum absolute atomic E-state index is 0.563. The lowest BCUT2D eigenvalue weighted by molar-refractivity contribution is 0.413. The van der Waals surface area contributed by atoms with Crippen LogP contribution in [0, 0.1) is 0 Å². The van der Waals surface area contributed by atoms with E-state index in [2.05, 4.69) is 58.1 Å². The van der Waals surface area contributed by atoms with Crippen LogP contribution in [0.1, 0.15) is 5.56 Å². The minimum atomic E-state index is 0.563. The van der Waals surface area contributed by atoms with Gasteiger partial charge >= 0.3 is 0 Å². The van der Waals surface area contributed by atoms with Crippen molar-refractivity contribution >= 4 is 29.1 Å². The van der Waals surface area contributed by atoms with Crippen LogP contribution in [0.3, 0.4) is 0 Å². The summed E-state index contributed by atoms with van der Waals surface area (Å²) in [6.45, 7) is 1.94. The van der Waals surface area contributed by atoms with E-state index in [1.807, 2.05) is 30.3 Å². The number of nitrogens with two attached hydrogens (primary N) is 1. The number of hydrogen-bond donors (Lipinski definition) is 2. The summed E-state index contributed by atoms with van der Waals surface area (Å²) in [6.07, 6.45) is 2.82. The van der Waals surface area contributed by atoms with Crippen molar-refractivity contribution in [2.45, 2.75) is 18.1 Å². The molecule has 0 aliphatic carbocycles. The van der Waals surface area contributed by atoms with Crippen LogP contribution in [0.2, 0.25) is 0 Å². The van der Waals surface area contributed by atoms with Gasteiger partial charge in [0.05, 0.1) is 17.1 Å². The van der Waals surface area contributed by atoms with Crippen molar-refractivity contribution in [2.24, 2.45) is 0 Å². The summed E-state index contributed by atoms with van der Waals surface area (Å²) in [5.41, 5.74) is 12.8. The Morgan fingerprint density at radius 2 is 1.94 bits per heavy atom. The third-order valence-electron chi connectivity index (χ3n) is 5.59. The Bertz CT molecular complexity index is 1260. The quantitative estimate of drug-likeness (QED) is 0.394. The normalized spacial score (nSPS) is 12.8. The highest BCUT2D eigenvalue weighted by molar-refractivity contribution is 7.99. The summed E-state index contributed by atoms with van der Waals surface area (Å²) in [5, 5.41) is 4.36. The van der Waals surface area contributed by atoms with Crippen molar-refractivity contribution in [2.75, 3.05) is 37.4 Å². The molecule has 168 valence electrons. The number of imidazole rings is 1. The van der Waals surface area contributed by atoms with Gasteiger partial charge in [-0.1, -0.05) is 36.0 Å². The van der Waals surface area contributed by atoms with E-state index in [0.717, 1.165) is 64.4 Å². The van der Waals surface area contributed by atoms with E-state index < -0.39 is 0 Å². The molecule has 4 aromatic rings. The van der Waals surface area contributed by atoms with Gasteiger partial charge in [-0.05, 0) is 56.4 Å². The predicted molar refractivity (Wildman–Crippen MR) is 136 cm³/mol. The molecule has 7 nitrogen and oxygen atoms in total. The van der Waals surface area contributed by atoms with Gasteiger partial charge in [-0.3, -0.25) is 0 Å². The Labute approximate surface area is 198 Å². The number of fused-ring (bicyclic) bond motifs is 1. The molecule has 1 aliphatic heterocycles. The van der Waals surface area contributed by atoms with E-state index in [1.165, 1.54) is 5.56 Å². The molecule has 0 spiro atoms. The number of aromatic nitrogens is 4. The molecule has 2 aromatic carbocycles. The molecule has 5 rings (SSSR count). The predicted octanol–water partition coefficient (Wildman–Crippen LogP) is 4.54. The van der Waals surface area contributed by atoms with Crippen molar-refractivity contribution in [3.8, 4) is 22.6 Å². The van der Waals surface area contributed by atoms with Crippen LogP contribution in [0.15, 0.2) is 66.0 Å². The maximum Gasteiger partial charge on any atom is 0.227 e. The van der Waals surface area contributed by atoms with Crippen LogP contribution in [-0.2, 0) is 13.0 Å². The zero-order valence-corrected chi connectivity index (χ0v) is 19.6. The Kier molecular flexibility index (Phi) is 6.02. The topological polar surface area (TPSA) is 84.9 Å². The Balaban J connectivity index is 1.44. The average Bonchev–Trinajstić information content (AvgIpc) is 3.40. The second kappa shape index (κ2) is 9.25. The van der Waals surface area contributed by atoms with Gasteiger partial charge in [0.2, 0.25) is 5.95 Å². The van der Waals surface area contributed by atoms with Gasteiger partial charge < -0.3 is 20.5 Å². The first-order valence-corrected chi connectivity index (χ1v) is 12.0. The first kappa shape index (κ1) is 21.5. The third kappa shape index (κ3) is 4.72. The minimum Gasteiger partial charge on any atom is -0.399 e. The SMILES string of the molecule is CN(C)CCc1ccc(Nc2nccc(-c3c(-c4cccc(N)c4)nc4n3CCS4)n2)cc1. The van der Waals surface area contributed by atoms with Crippen molar-refractivity contribution in [1.29, 1.82) is 0 Å². The van der Waals surface area contributed by atoms with Gasteiger partial charge in [0.15, 0.2) is 5.16 Å². The lowest BCUT2D eigenvalue weighted by Crippen LogP contribution is -2.14. The number of benzene rings is 2. The van der Waals surface area contributed by atoms with Crippen LogP contribution in [0.5, 0.6) is 0 Å². The zero-order chi connectivity index (χ0) is 22.8. The molecule has 0 saturated carbocycles. The summed E-state index contributed by atoms with van der Waals surface area (Å²) in [5.74, 6) is 1.58. The molecule has 0 unspecified atom stereocenters. The van der Waals surface area contributed by atoms with Gasteiger partial charge in [0, 0.05) is 42.0 Å². The summed E-state index contributed by atoms with van der Waals surface area (Å²) in [4.78, 5) is 16.4. The van der Waals surface area contributed by atoms with Crippen LogP contribution in [0.25, 0.3) is 22.6 Å². The van der Waals surface area contributed by atoms with Crippen molar-refractivity contribution in [3.63, 3.8) is 0 Å². The summed E-state index contributed by atoms with van der Waals surface area (Å²) >= 11 is 1.77. The smallest absolute Gasteiger partial charge is 0.227 e.